The number of rotatable bonds is 3. The molecule has 2 N–H and O–H groups in total. The maximum absolute atomic E-state index is 12.1. The molecule has 1 aromatic carbocycles. The predicted octanol–water partition coefficient (Wildman–Crippen LogP) is 2.26. The van der Waals surface area contributed by atoms with Gasteiger partial charge in [0.2, 0.25) is 0 Å². The fourth-order valence-electron chi connectivity index (χ4n) is 2.43. The third-order valence-corrected chi connectivity index (χ3v) is 3.51. The minimum absolute atomic E-state index is 0.238. The van der Waals surface area contributed by atoms with Crippen LogP contribution in [0.15, 0.2) is 30.3 Å². The summed E-state index contributed by atoms with van der Waals surface area (Å²) in [4.78, 5) is 12.1. The Balaban J connectivity index is 1.75. The molecule has 1 aromatic heterocycles. The Kier molecular flexibility index (Phi) is 3.33. The molecule has 1 amide bonds. The van der Waals surface area contributed by atoms with E-state index in [0.717, 1.165) is 18.5 Å². The first-order valence-corrected chi connectivity index (χ1v) is 6.71. The van der Waals surface area contributed by atoms with Crippen LogP contribution in [0.5, 0.6) is 0 Å². The van der Waals surface area contributed by atoms with Gasteiger partial charge in [0.1, 0.15) is 5.82 Å². The molecule has 0 fully saturated rings. The molecular weight excluding hydrogens is 252 g/mol. The van der Waals surface area contributed by atoms with Crippen molar-refractivity contribution in [3.63, 3.8) is 0 Å². The molecule has 1 aliphatic carbocycles. The van der Waals surface area contributed by atoms with Gasteiger partial charge in [-0.25, -0.2) is 0 Å². The largest absolute Gasteiger partial charge is 0.372 e. The highest BCUT2D eigenvalue weighted by atomic mass is 16.1. The lowest BCUT2D eigenvalue weighted by Crippen LogP contribution is -2.14. The molecular formula is C15H16N4O. The Hall–Kier alpha value is -2.43. The van der Waals surface area contributed by atoms with Crippen molar-refractivity contribution >= 4 is 17.4 Å². The maximum atomic E-state index is 12.1. The van der Waals surface area contributed by atoms with Crippen LogP contribution in [0.3, 0.4) is 0 Å². The standard InChI is InChI=1S/C15H16N4O/c1-16-14-8-7-13(18-19-14)15(20)17-12-6-5-10-3-2-4-11(10)9-12/h5-9H,2-4H2,1H3,(H,16,19)(H,17,20). The second-order valence-electron chi connectivity index (χ2n) is 4.84. The average Bonchev–Trinajstić information content (AvgIpc) is 2.95. The van der Waals surface area contributed by atoms with Gasteiger partial charge in [0, 0.05) is 12.7 Å². The second kappa shape index (κ2) is 5.28. The number of anilines is 2. The molecule has 0 spiro atoms. The Bertz CT molecular complexity index is 637. The van der Waals surface area contributed by atoms with Gasteiger partial charge in [0.15, 0.2) is 5.69 Å². The first-order chi connectivity index (χ1) is 9.76. The van der Waals surface area contributed by atoms with E-state index < -0.39 is 0 Å². The van der Waals surface area contributed by atoms with Crippen molar-refractivity contribution in [3.05, 3.63) is 47.2 Å². The summed E-state index contributed by atoms with van der Waals surface area (Å²) in [6, 6.07) is 9.47. The molecule has 0 saturated carbocycles. The molecule has 0 bridgehead atoms. The SMILES string of the molecule is CNc1ccc(C(=O)Nc2ccc3c(c2)CCC3)nn1. The lowest BCUT2D eigenvalue weighted by atomic mass is 10.1. The molecule has 20 heavy (non-hydrogen) atoms. The van der Waals surface area contributed by atoms with Crippen molar-refractivity contribution in [1.29, 1.82) is 0 Å². The normalized spacial score (nSPS) is 12.8. The molecule has 3 rings (SSSR count). The third-order valence-electron chi connectivity index (χ3n) is 3.51. The highest BCUT2D eigenvalue weighted by Crippen LogP contribution is 2.25. The van der Waals surface area contributed by atoms with Gasteiger partial charge in [-0.15, -0.1) is 10.2 Å². The van der Waals surface area contributed by atoms with E-state index in [0.29, 0.717) is 11.5 Å². The molecule has 5 heteroatoms. The Morgan fingerprint density at radius 2 is 1.95 bits per heavy atom. The molecule has 1 heterocycles. The molecule has 5 nitrogen and oxygen atoms in total. The minimum Gasteiger partial charge on any atom is -0.372 e. The summed E-state index contributed by atoms with van der Waals surface area (Å²) in [6.07, 6.45) is 3.43. The molecule has 1 aliphatic rings. The zero-order valence-corrected chi connectivity index (χ0v) is 11.3. The summed E-state index contributed by atoms with van der Waals surface area (Å²) in [5.74, 6) is 0.400. The lowest BCUT2D eigenvalue weighted by molar-refractivity contribution is 0.102. The van der Waals surface area contributed by atoms with Crippen LogP contribution in [0.1, 0.15) is 28.0 Å². The summed E-state index contributed by atoms with van der Waals surface area (Å²) < 4.78 is 0. The Morgan fingerprint density at radius 1 is 1.10 bits per heavy atom. The number of aryl methyl sites for hydroxylation is 2. The number of carbonyl (C=O) groups excluding carboxylic acids is 1. The summed E-state index contributed by atoms with van der Waals surface area (Å²) in [5, 5.41) is 13.5. The number of aromatic nitrogens is 2. The van der Waals surface area contributed by atoms with Crippen LogP contribution in [0.4, 0.5) is 11.5 Å². The van der Waals surface area contributed by atoms with Crippen molar-refractivity contribution in [2.24, 2.45) is 0 Å². The van der Waals surface area contributed by atoms with Gasteiger partial charge < -0.3 is 10.6 Å². The summed E-state index contributed by atoms with van der Waals surface area (Å²) in [7, 11) is 1.76. The average molecular weight is 268 g/mol. The number of hydrogen-bond acceptors (Lipinski definition) is 4. The topological polar surface area (TPSA) is 66.9 Å². The van der Waals surface area contributed by atoms with Gasteiger partial charge in [-0.1, -0.05) is 6.07 Å². The number of nitrogens with zero attached hydrogens (tertiary/aromatic N) is 2. The van der Waals surface area contributed by atoms with Crippen LogP contribution >= 0.6 is 0 Å². The van der Waals surface area contributed by atoms with Crippen LogP contribution in [0.25, 0.3) is 0 Å². The first kappa shape index (κ1) is 12.6. The Labute approximate surface area is 117 Å². The van der Waals surface area contributed by atoms with Gasteiger partial charge in [-0.05, 0) is 54.7 Å². The zero-order chi connectivity index (χ0) is 13.9. The summed E-state index contributed by atoms with van der Waals surface area (Å²) >= 11 is 0. The number of amides is 1. The number of carbonyl (C=O) groups is 1. The third kappa shape index (κ3) is 2.47. The smallest absolute Gasteiger partial charge is 0.276 e. The van der Waals surface area contributed by atoms with Gasteiger partial charge in [0.05, 0.1) is 0 Å². The number of nitrogens with one attached hydrogen (secondary N) is 2. The van der Waals surface area contributed by atoms with Crippen LogP contribution in [-0.4, -0.2) is 23.2 Å². The second-order valence-corrected chi connectivity index (χ2v) is 4.84. The van der Waals surface area contributed by atoms with Gasteiger partial charge in [-0.3, -0.25) is 4.79 Å². The van der Waals surface area contributed by atoms with Crippen molar-refractivity contribution in [2.75, 3.05) is 17.7 Å². The van der Waals surface area contributed by atoms with E-state index in [1.54, 1.807) is 19.2 Å². The number of hydrogen-bond donors (Lipinski definition) is 2. The molecule has 0 aliphatic heterocycles. The zero-order valence-electron chi connectivity index (χ0n) is 11.3. The minimum atomic E-state index is -0.238. The summed E-state index contributed by atoms with van der Waals surface area (Å²) in [6.45, 7) is 0. The predicted molar refractivity (Wildman–Crippen MR) is 78.0 cm³/mol. The van der Waals surface area contributed by atoms with Crippen molar-refractivity contribution in [3.8, 4) is 0 Å². The molecule has 2 aromatic rings. The fourth-order valence-corrected chi connectivity index (χ4v) is 2.43. The molecule has 0 radical (unpaired) electrons. The van der Waals surface area contributed by atoms with Crippen LogP contribution in [0, 0.1) is 0 Å². The molecule has 0 unspecified atom stereocenters. The highest BCUT2D eigenvalue weighted by molar-refractivity contribution is 6.02. The monoisotopic (exact) mass is 268 g/mol. The van der Waals surface area contributed by atoms with E-state index in [4.69, 9.17) is 0 Å². The van der Waals surface area contributed by atoms with Crippen LogP contribution < -0.4 is 10.6 Å². The van der Waals surface area contributed by atoms with Crippen molar-refractivity contribution in [2.45, 2.75) is 19.3 Å². The van der Waals surface area contributed by atoms with E-state index >= 15 is 0 Å². The van der Waals surface area contributed by atoms with Gasteiger partial charge >= 0.3 is 0 Å². The van der Waals surface area contributed by atoms with E-state index in [1.165, 1.54) is 17.5 Å². The van der Waals surface area contributed by atoms with E-state index in [2.05, 4.69) is 33.0 Å². The van der Waals surface area contributed by atoms with Gasteiger partial charge in [-0.2, -0.15) is 0 Å². The Morgan fingerprint density at radius 3 is 2.70 bits per heavy atom. The summed E-state index contributed by atoms with van der Waals surface area (Å²) in [5.41, 5.74) is 3.85. The van der Waals surface area contributed by atoms with E-state index in [-0.39, 0.29) is 5.91 Å². The van der Waals surface area contributed by atoms with Gasteiger partial charge in [0.25, 0.3) is 5.91 Å². The first-order valence-electron chi connectivity index (χ1n) is 6.71. The number of benzene rings is 1. The molecule has 0 saturated heterocycles. The van der Waals surface area contributed by atoms with E-state index in [1.807, 2.05) is 6.07 Å². The van der Waals surface area contributed by atoms with Crippen LogP contribution in [-0.2, 0) is 12.8 Å². The van der Waals surface area contributed by atoms with Crippen molar-refractivity contribution < 1.29 is 4.79 Å². The van der Waals surface area contributed by atoms with Crippen molar-refractivity contribution in [1.82, 2.24) is 10.2 Å². The molecule has 0 atom stereocenters. The highest BCUT2D eigenvalue weighted by Gasteiger charge is 2.13. The quantitative estimate of drug-likeness (QED) is 0.896. The lowest BCUT2D eigenvalue weighted by Gasteiger charge is -2.07. The fraction of sp³-hybridized carbons (Fsp3) is 0.267. The maximum Gasteiger partial charge on any atom is 0.276 e. The molecule has 102 valence electrons. The van der Waals surface area contributed by atoms with E-state index in [9.17, 15) is 4.79 Å². The van der Waals surface area contributed by atoms with Crippen LogP contribution in [0.2, 0.25) is 0 Å². The number of fused-ring (bicyclic) bond motifs is 1.